The van der Waals surface area contributed by atoms with E-state index in [2.05, 4.69) is 5.32 Å². The monoisotopic (exact) mass is 529 g/mol. The van der Waals surface area contributed by atoms with Crippen LogP contribution in [-0.2, 0) is 26.2 Å². The first kappa shape index (κ1) is 27.0. The Balaban J connectivity index is 2.04. The number of benzene rings is 3. The zero-order chi connectivity index (χ0) is 26.3. The minimum Gasteiger partial charge on any atom is -0.497 e. The molecule has 0 radical (unpaired) electrons. The van der Waals surface area contributed by atoms with Crippen LogP contribution in [0.3, 0.4) is 0 Å². The molecular weight excluding hydrogens is 502 g/mol. The topological polar surface area (TPSA) is 96.0 Å². The summed E-state index contributed by atoms with van der Waals surface area (Å²) in [7, 11) is -1.18. The summed E-state index contributed by atoms with van der Waals surface area (Å²) >= 11 is 6.12. The van der Waals surface area contributed by atoms with Crippen LogP contribution >= 0.6 is 11.6 Å². The molecule has 0 aromatic heterocycles. The van der Waals surface area contributed by atoms with Crippen LogP contribution in [0.4, 0.5) is 5.69 Å². The average molecular weight is 530 g/mol. The highest BCUT2D eigenvalue weighted by Gasteiger charge is 2.32. The van der Waals surface area contributed by atoms with Crippen molar-refractivity contribution >= 4 is 39.1 Å². The van der Waals surface area contributed by atoms with E-state index >= 15 is 0 Å². The number of anilines is 1. The largest absolute Gasteiger partial charge is 0.497 e. The standard InChI is InChI=1S/C26H28ClN3O5S/c1-19(26(32)28-2)29(17-20-9-7-10-21(27)15-20)25(31)18-30(22-11-8-12-23(16-22)35-3)36(33,34)24-13-5-4-6-14-24/h4-16,19H,17-18H2,1-3H3,(H,28,32). The molecule has 3 rings (SSSR count). The molecular formula is C26H28ClN3O5S. The Bertz CT molecular complexity index is 1320. The van der Waals surface area contributed by atoms with Crippen molar-refractivity contribution in [1.82, 2.24) is 10.2 Å². The Morgan fingerprint density at radius 3 is 2.33 bits per heavy atom. The predicted molar refractivity (Wildman–Crippen MR) is 139 cm³/mol. The molecule has 1 unspecified atom stereocenters. The molecule has 1 N–H and O–H groups in total. The normalized spacial score (nSPS) is 11.9. The molecule has 3 aromatic carbocycles. The van der Waals surface area contributed by atoms with Crippen LogP contribution in [0.1, 0.15) is 12.5 Å². The maximum Gasteiger partial charge on any atom is 0.264 e. The number of halogens is 1. The van der Waals surface area contributed by atoms with Gasteiger partial charge in [-0.15, -0.1) is 0 Å². The first-order valence-electron chi connectivity index (χ1n) is 11.1. The van der Waals surface area contributed by atoms with Gasteiger partial charge in [0.05, 0.1) is 17.7 Å². The number of sulfonamides is 1. The quantitative estimate of drug-likeness (QED) is 0.432. The van der Waals surface area contributed by atoms with Gasteiger partial charge in [-0.1, -0.05) is 48.0 Å². The number of rotatable bonds is 10. The lowest BCUT2D eigenvalue weighted by atomic mass is 10.1. The Morgan fingerprint density at radius 2 is 1.69 bits per heavy atom. The van der Waals surface area contributed by atoms with Crippen LogP contribution in [0.2, 0.25) is 5.02 Å². The van der Waals surface area contributed by atoms with E-state index in [1.165, 1.54) is 37.3 Å². The molecule has 0 saturated carbocycles. The number of hydrogen-bond donors (Lipinski definition) is 1. The average Bonchev–Trinajstić information content (AvgIpc) is 2.89. The number of carbonyl (C=O) groups excluding carboxylic acids is 2. The lowest BCUT2D eigenvalue weighted by molar-refractivity contribution is -0.139. The van der Waals surface area contributed by atoms with E-state index in [0.29, 0.717) is 16.3 Å². The molecule has 0 spiro atoms. The number of nitrogens with one attached hydrogen (secondary N) is 1. The summed E-state index contributed by atoms with van der Waals surface area (Å²) in [5.74, 6) is -0.514. The molecule has 0 fully saturated rings. The molecule has 10 heteroatoms. The number of amides is 2. The van der Waals surface area contributed by atoms with Gasteiger partial charge in [-0.3, -0.25) is 13.9 Å². The highest BCUT2D eigenvalue weighted by Crippen LogP contribution is 2.27. The molecule has 1 atom stereocenters. The number of hydrogen-bond acceptors (Lipinski definition) is 5. The van der Waals surface area contributed by atoms with Crippen LogP contribution in [0.5, 0.6) is 5.75 Å². The van der Waals surface area contributed by atoms with Gasteiger partial charge in [0.15, 0.2) is 0 Å². The van der Waals surface area contributed by atoms with E-state index in [4.69, 9.17) is 16.3 Å². The Labute approximate surface area is 216 Å². The molecule has 0 saturated heterocycles. The SMILES string of the molecule is CNC(=O)C(C)N(Cc1cccc(Cl)c1)C(=O)CN(c1cccc(OC)c1)S(=O)(=O)c1ccccc1. The van der Waals surface area contributed by atoms with E-state index in [1.54, 1.807) is 67.6 Å². The van der Waals surface area contributed by atoms with Gasteiger partial charge in [-0.05, 0) is 48.9 Å². The van der Waals surface area contributed by atoms with Crippen LogP contribution in [-0.4, -0.2) is 51.9 Å². The van der Waals surface area contributed by atoms with Gasteiger partial charge in [0.2, 0.25) is 11.8 Å². The van der Waals surface area contributed by atoms with Gasteiger partial charge in [-0.2, -0.15) is 0 Å². The lowest BCUT2D eigenvalue weighted by Crippen LogP contribution is -2.50. The second-order valence-electron chi connectivity index (χ2n) is 7.97. The van der Waals surface area contributed by atoms with Crippen molar-refractivity contribution in [3.8, 4) is 5.75 Å². The fourth-order valence-electron chi connectivity index (χ4n) is 3.64. The third-order valence-electron chi connectivity index (χ3n) is 5.61. The van der Waals surface area contributed by atoms with E-state index in [9.17, 15) is 18.0 Å². The van der Waals surface area contributed by atoms with Gasteiger partial charge < -0.3 is 15.0 Å². The van der Waals surface area contributed by atoms with Crippen molar-refractivity contribution in [3.05, 3.63) is 89.4 Å². The van der Waals surface area contributed by atoms with Crippen molar-refractivity contribution in [2.24, 2.45) is 0 Å². The van der Waals surface area contributed by atoms with E-state index in [1.807, 2.05) is 0 Å². The maximum atomic E-state index is 13.7. The fraction of sp³-hybridized carbons (Fsp3) is 0.231. The van der Waals surface area contributed by atoms with Gasteiger partial charge >= 0.3 is 0 Å². The second kappa shape index (κ2) is 11.9. The zero-order valence-electron chi connectivity index (χ0n) is 20.2. The number of methoxy groups -OCH3 is 1. The molecule has 0 aliphatic heterocycles. The minimum absolute atomic E-state index is 0.0290. The third-order valence-corrected chi connectivity index (χ3v) is 7.63. The molecule has 0 heterocycles. The van der Waals surface area contributed by atoms with Crippen molar-refractivity contribution in [2.45, 2.75) is 24.4 Å². The Morgan fingerprint density at radius 1 is 1.00 bits per heavy atom. The number of ether oxygens (including phenoxy) is 1. The van der Waals surface area contributed by atoms with Crippen molar-refractivity contribution in [3.63, 3.8) is 0 Å². The number of nitrogens with zero attached hydrogens (tertiary/aromatic N) is 2. The fourth-order valence-corrected chi connectivity index (χ4v) is 5.28. The van der Waals surface area contributed by atoms with Gasteiger partial charge in [0.25, 0.3) is 10.0 Å². The zero-order valence-corrected chi connectivity index (χ0v) is 21.8. The van der Waals surface area contributed by atoms with E-state index in [0.717, 1.165) is 4.31 Å². The number of carbonyl (C=O) groups is 2. The first-order valence-corrected chi connectivity index (χ1v) is 13.0. The highest BCUT2D eigenvalue weighted by atomic mass is 35.5. The van der Waals surface area contributed by atoms with Crippen molar-refractivity contribution in [1.29, 1.82) is 0 Å². The highest BCUT2D eigenvalue weighted by molar-refractivity contribution is 7.92. The molecule has 2 amide bonds. The Kier molecular flexibility index (Phi) is 8.95. The van der Waals surface area contributed by atoms with Crippen LogP contribution in [0.25, 0.3) is 0 Å². The molecule has 190 valence electrons. The smallest absolute Gasteiger partial charge is 0.264 e. The lowest BCUT2D eigenvalue weighted by Gasteiger charge is -2.31. The summed E-state index contributed by atoms with van der Waals surface area (Å²) in [4.78, 5) is 27.5. The van der Waals surface area contributed by atoms with Crippen LogP contribution in [0.15, 0.2) is 83.8 Å². The summed E-state index contributed by atoms with van der Waals surface area (Å²) < 4.78 is 33.6. The van der Waals surface area contributed by atoms with E-state index < -0.39 is 28.5 Å². The third kappa shape index (κ3) is 6.35. The molecule has 8 nitrogen and oxygen atoms in total. The summed E-state index contributed by atoms with van der Waals surface area (Å²) in [5.41, 5.74) is 0.951. The van der Waals surface area contributed by atoms with Gasteiger partial charge in [-0.25, -0.2) is 8.42 Å². The first-order chi connectivity index (χ1) is 17.2. The summed E-state index contributed by atoms with van der Waals surface area (Å²) in [5, 5.41) is 3.03. The second-order valence-corrected chi connectivity index (χ2v) is 10.3. The van der Waals surface area contributed by atoms with Gasteiger partial charge in [0, 0.05) is 24.7 Å². The predicted octanol–water partition coefficient (Wildman–Crippen LogP) is 3.71. The van der Waals surface area contributed by atoms with Crippen molar-refractivity contribution < 1.29 is 22.7 Å². The van der Waals surface area contributed by atoms with Crippen molar-refractivity contribution in [2.75, 3.05) is 25.0 Å². The molecule has 0 aliphatic carbocycles. The Hall–Kier alpha value is -3.56. The summed E-state index contributed by atoms with van der Waals surface area (Å²) in [6.45, 7) is 1.11. The molecule has 0 aliphatic rings. The molecule has 36 heavy (non-hydrogen) atoms. The number of likely N-dealkylation sites (N-methyl/N-ethyl adjacent to an activating group) is 1. The van der Waals surface area contributed by atoms with E-state index in [-0.39, 0.29) is 23.0 Å². The van der Waals surface area contributed by atoms with Crippen LogP contribution < -0.4 is 14.4 Å². The maximum absolute atomic E-state index is 13.7. The minimum atomic E-state index is -4.13. The molecule has 0 bridgehead atoms. The summed E-state index contributed by atoms with van der Waals surface area (Å²) in [6.07, 6.45) is 0. The van der Waals surface area contributed by atoms with Crippen LogP contribution in [0, 0.1) is 0 Å². The van der Waals surface area contributed by atoms with Gasteiger partial charge in [0.1, 0.15) is 18.3 Å². The summed E-state index contributed by atoms with van der Waals surface area (Å²) in [6, 6.07) is 20.3. The molecule has 3 aromatic rings.